The van der Waals surface area contributed by atoms with Crippen LogP contribution in [0.15, 0.2) is 41.3 Å². The van der Waals surface area contributed by atoms with Crippen LogP contribution in [0.2, 0.25) is 5.02 Å². The van der Waals surface area contributed by atoms with Gasteiger partial charge in [0.15, 0.2) is 5.65 Å². The molecule has 0 saturated carbocycles. The molecule has 0 aliphatic heterocycles. The molecule has 32 heavy (non-hydrogen) atoms. The first kappa shape index (κ1) is 21.7. The van der Waals surface area contributed by atoms with Crippen molar-refractivity contribution in [1.29, 1.82) is 0 Å². The van der Waals surface area contributed by atoms with Crippen molar-refractivity contribution in [2.45, 2.75) is 13.5 Å². The SMILES string of the molecule is COCCNc1ncnc2c1cnn2CCNC(=O)c1c(-c2ccccc2Cl)noc1C. The van der Waals surface area contributed by atoms with Crippen molar-refractivity contribution in [1.82, 2.24) is 30.2 Å². The van der Waals surface area contributed by atoms with Crippen LogP contribution >= 0.6 is 11.6 Å². The molecule has 0 saturated heterocycles. The molecule has 0 unspecified atom stereocenters. The van der Waals surface area contributed by atoms with Crippen molar-refractivity contribution in [2.75, 3.05) is 32.1 Å². The molecule has 0 fully saturated rings. The third kappa shape index (κ3) is 4.41. The zero-order valence-electron chi connectivity index (χ0n) is 17.6. The van der Waals surface area contributed by atoms with E-state index in [1.165, 1.54) is 6.33 Å². The molecule has 1 aromatic carbocycles. The van der Waals surface area contributed by atoms with Gasteiger partial charge in [0.1, 0.15) is 29.2 Å². The second-order valence-corrected chi connectivity index (χ2v) is 7.35. The molecule has 4 rings (SSSR count). The Hall–Kier alpha value is -3.50. The van der Waals surface area contributed by atoms with E-state index in [0.717, 1.165) is 5.39 Å². The first-order valence-corrected chi connectivity index (χ1v) is 10.4. The predicted octanol–water partition coefficient (Wildman–Crippen LogP) is 2.93. The number of nitrogens with zero attached hydrogens (tertiary/aromatic N) is 5. The van der Waals surface area contributed by atoms with E-state index in [9.17, 15) is 4.79 Å². The van der Waals surface area contributed by atoms with Crippen LogP contribution in [-0.4, -0.2) is 57.6 Å². The fourth-order valence-corrected chi connectivity index (χ4v) is 3.53. The van der Waals surface area contributed by atoms with E-state index in [1.54, 1.807) is 37.0 Å². The highest BCUT2D eigenvalue weighted by atomic mass is 35.5. The van der Waals surface area contributed by atoms with Crippen LogP contribution in [-0.2, 0) is 11.3 Å². The van der Waals surface area contributed by atoms with Gasteiger partial charge in [-0.1, -0.05) is 35.0 Å². The summed E-state index contributed by atoms with van der Waals surface area (Å²) in [4.78, 5) is 21.5. The van der Waals surface area contributed by atoms with Crippen LogP contribution in [0.5, 0.6) is 0 Å². The average Bonchev–Trinajstić information content (AvgIpc) is 3.38. The Balaban J connectivity index is 1.45. The van der Waals surface area contributed by atoms with Gasteiger partial charge in [-0.25, -0.2) is 14.6 Å². The van der Waals surface area contributed by atoms with Crippen molar-refractivity contribution in [3.63, 3.8) is 0 Å². The number of amides is 1. The zero-order chi connectivity index (χ0) is 22.5. The summed E-state index contributed by atoms with van der Waals surface area (Å²) in [5, 5.41) is 15.8. The number of ether oxygens (including phenoxy) is 1. The van der Waals surface area contributed by atoms with Crippen LogP contribution in [0.1, 0.15) is 16.1 Å². The highest BCUT2D eigenvalue weighted by Gasteiger charge is 2.22. The lowest BCUT2D eigenvalue weighted by molar-refractivity contribution is 0.0951. The smallest absolute Gasteiger partial charge is 0.257 e. The summed E-state index contributed by atoms with van der Waals surface area (Å²) in [6.07, 6.45) is 3.18. The molecule has 1 amide bonds. The van der Waals surface area contributed by atoms with Gasteiger partial charge in [0.25, 0.3) is 5.91 Å². The molecule has 0 spiro atoms. The number of aryl methyl sites for hydroxylation is 1. The molecule has 11 heteroatoms. The minimum absolute atomic E-state index is 0.299. The first-order valence-electron chi connectivity index (χ1n) is 9.99. The Morgan fingerprint density at radius 1 is 1.25 bits per heavy atom. The molecule has 0 atom stereocenters. The molecule has 0 aliphatic carbocycles. The minimum atomic E-state index is -0.299. The van der Waals surface area contributed by atoms with Gasteiger partial charge >= 0.3 is 0 Å². The number of carbonyl (C=O) groups is 1. The summed E-state index contributed by atoms with van der Waals surface area (Å²) in [6, 6.07) is 7.18. The Bertz CT molecular complexity index is 1240. The molecule has 0 aliphatic rings. The molecule has 3 heterocycles. The van der Waals surface area contributed by atoms with Gasteiger partial charge in [0.05, 0.1) is 29.8 Å². The Morgan fingerprint density at radius 2 is 2.09 bits per heavy atom. The number of carbonyl (C=O) groups excluding carboxylic acids is 1. The fourth-order valence-electron chi connectivity index (χ4n) is 3.31. The van der Waals surface area contributed by atoms with E-state index in [2.05, 4.69) is 30.9 Å². The number of halogens is 1. The molecule has 3 aromatic heterocycles. The van der Waals surface area contributed by atoms with E-state index in [4.69, 9.17) is 20.9 Å². The van der Waals surface area contributed by atoms with E-state index in [1.807, 2.05) is 12.1 Å². The first-order chi connectivity index (χ1) is 15.6. The second kappa shape index (κ2) is 9.75. The molecule has 0 bridgehead atoms. The lowest BCUT2D eigenvalue weighted by atomic mass is 10.1. The molecular formula is C21H22ClN7O3. The lowest BCUT2D eigenvalue weighted by Gasteiger charge is -2.08. The number of hydrogen-bond acceptors (Lipinski definition) is 8. The maximum absolute atomic E-state index is 12.9. The molecule has 0 radical (unpaired) electrons. The molecule has 4 aromatic rings. The molecular weight excluding hydrogens is 434 g/mol. The number of fused-ring (bicyclic) bond motifs is 1. The fraction of sp³-hybridized carbons (Fsp3) is 0.286. The Labute approximate surface area is 188 Å². The van der Waals surface area contributed by atoms with Gasteiger partial charge in [-0.05, 0) is 13.0 Å². The van der Waals surface area contributed by atoms with Crippen LogP contribution in [0, 0.1) is 6.92 Å². The molecule has 10 nitrogen and oxygen atoms in total. The number of anilines is 1. The van der Waals surface area contributed by atoms with Gasteiger partial charge in [-0.3, -0.25) is 4.79 Å². The van der Waals surface area contributed by atoms with E-state index in [-0.39, 0.29) is 5.91 Å². The van der Waals surface area contributed by atoms with Crippen molar-refractivity contribution in [2.24, 2.45) is 0 Å². The highest BCUT2D eigenvalue weighted by molar-refractivity contribution is 6.33. The quantitative estimate of drug-likeness (QED) is 0.369. The van der Waals surface area contributed by atoms with Gasteiger partial charge in [0, 0.05) is 25.8 Å². The monoisotopic (exact) mass is 455 g/mol. The van der Waals surface area contributed by atoms with E-state index in [0.29, 0.717) is 65.3 Å². The Kier molecular flexibility index (Phi) is 6.62. The molecule has 2 N–H and O–H groups in total. The normalized spacial score (nSPS) is 11.1. The highest BCUT2D eigenvalue weighted by Crippen LogP contribution is 2.30. The second-order valence-electron chi connectivity index (χ2n) is 6.94. The number of methoxy groups -OCH3 is 1. The number of rotatable bonds is 9. The summed E-state index contributed by atoms with van der Waals surface area (Å²) in [7, 11) is 1.64. The predicted molar refractivity (Wildman–Crippen MR) is 120 cm³/mol. The van der Waals surface area contributed by atoms with Gasteiger partial charge in [-0.15, -0.1) is 0 Å². The standard InChI is InChI=1S/C21H22ClN7O3/c1-13-17(18(28-32-13)14-5-3-4-6-16(14)22)21(30)24-7-9-29-20-15(11-27-29)19(25-12-26-20)23-8-10-31-2/h3-6,11-12H,7-10H2,1-2H3,(H,24,30)(H,23,25,26). The van der Waals surface area contributed by atoms with Gasteiger partial charge in [0.2, 0.25) is 0 Å². The van der Waals surface area contributed by atoms with Crippen LogP contribution in [0.4, 0.5) is 5.82 Å². The summed E-state index contributed by atoms with van der Waals surface area (Å²) in [5.41, 5.74) is 2.08. The Morgan fingerprint density at radius 3 is 2.91 bits per heavy atom. The van der Waals surface area contributed by atoms with Crippen molar-refractivity contribution in [3.05, 3.63) is 53.1 Å². The largest absolute Gasteiger partial charge is 0.383 e. The topological polar surface area (TPSA) is 120 Å². The number of hydrogen-bond donors (Lipinski definition) is 2. The number of nitrogens with one attached hydrogen (secondary N) is 2. The maximum Gasteiger partial charge on any atom is 0.257 e. The molecule has 166 valence electrons. The van der Waals surface area contributed by atoms with Crippen LogP contribution in [0.3, 0.4) is 0 Å². The van der Waals surface area contributed by atoms with Gasteiger partial charge in [-0.2, -0.15) is 5.10 Å². The van der Waals surface area contributed by atoms with E-state index < -0.39 is 0 Å². The summed E-state index contributed by atoms with van der Waals surface area (Å²) >= 11 is 6.28. The van der Waals surface area contributed by atoms with Crippen molar-refractivity contribution >= 4 is 34.4 Å². The minimum Gasteiger partial charge on any atom is -0.383 e. The maximum atomic E-state index is 12.9. The average molecular weight is 456 g/mol. The summed E-state index contributed by atoms with van der Waals surface area (Å²) in [6.45, 7) is 3.63. The summed E-state index contributed by atoms with van der Waals surface area (Å²) in [5.74, 6) is 0.806. The van der Waals surface area contributed by atoms with Gasteiger partial charge < -0.3 is 19.9 Å². The van der Waals surface area contributed by atoms with E-state index >= 15 is 0 Å². The number of aromatic nitrogens is 5. The zero-order valence-corrected chi connectivity index (χ0v) is 18.4. The number of benzene rings is 1. The van der Waals surface area contributed by atoms with Crippen LogP contribution < -0.4 is 10.6 Å². The van der Waals surface area contributed by atoms with Crippen LogP contribution in [0.25, 0.3) is 22.3 Å². The summed E-state index contributed by atoms with van der Waals surface area (Å²) < 4.78 is 12.0. The third-order valence-corrected chi connectivity index (χ3v) is 5.19. The lowest BCUT2D eigenvalue weighted by Crippen LogP contribution is -2.28. The van der Waals surface area contributed by atoms with Crippen molar-refractivity contribution < 1.29 is 14.1 Å². The van der Waals surface area contributed by atoms with Crippen molar-refractivity contribution in [3.8, 4) is 11.3 Å². The third-order valence-electron chi connectivity index (χ3n) is 4.86.